The van der Waals surface area contributed by atoms with Crippen LogP contribution in [0.3, 0.4) is 0 Å². The molecule has 2 unspecified atom stereocenters. The van der Waals surface area contributed by atoms with Crippen molar-refractivity contribution in [3.05, 3.63) is 28.8 Å². The smallest absolute Gasteiger partial charge is 0.225 e. The zero-order valence-corrected chi connectivity index (χ0v) is 16.6. The number of carbonyl (C=O) groups is 1. The minimum absolute atomic E-state index is 0.126. The van der Waals surface area contributed by atoms with Crippen LogP contribution in [0.2, 0.25) is 0 Å². The number of phenols is 1. The van der Waals surface area contributed by atoms with Crippen molar-refractivity contribution in [2.75, 3.05) is 26.2 Å². The first-order valence-electron chi connectivity index (χ1n) is 10.5. The second kappa shape index (κ2) is 7.80. The van der Waals surface area contributed by atoms with Gasteiger partial charge in [-0.15, -0.1) is 0 Å². The summed E-state index contributed by atoms with van der Waals surface area (Å²) in [4.78, 5) is 17.3. The largest absolute Gasteiger partial charge is 0.508 e. The summed E-state index contributed by atoms with van der Waals surface area (Å²) < 4.78 is 5.75. The molecule has 0 spiro atoms. The highest BCUT2D eigenvalue weighted by Gasteiger charge is 2.32. The van der Waals surface area contributed by atoms with Crippen LogP contribution in [0, 0.1) is 5.92 Å². The Balaban J connectivity index is 1.32. The van der Waals surface area contributed by atoms with E-state index in [2.05, 4.69) is 11.0 Å². The summed E-state index contributed by atoms with van der Waals surface area (Å²) in [5.74, 6) is 0.870. The van der Waals surface area contributed by atoms with Gasteiger partial charge >= 0.3 is 0 Å². The van der Waals surface area contributed by atoms with Gasteiger partial charge in [0.15, 0.2) is 0 Å². The minimum atomic E-state index is 0.126. The predicted molar refractivity (Wildman–Crippen MR) is 105 cm³/mol. The number of aryl methyl sites for hydroxylation is 2. The van der Waals surface area contributed by atoms with Gasteiger partial charge in [-0.2, -0.15) is 0 Å². The van der Waals surface area contributed by atoms with E-state index < -0.39 is 0 Å². The van der Waals surface area contributed by atoms with Crippen LogP contribution in [0.25, 0.3) is 0 Å². The number of likely N-dealkylation sites (tertiary alicyclic amines) is 1. The molecule has 2 heterocycles. The Kier molecular flexibility index (Phi) is 5.42. The molecule has 1 aromatic carbocycles. The van der Waals surface area contributed by atoms with E-state index in [1.807, 2.05) is 24.8 Å². The molecule has 148 valence electrons. The van der Waals surface area contributed by atoms with Crippen molar-refractivity contribution in [2.45, 2.75) is 64.7 Å². The third kappa shape index (κ3) is 4.14. The number of nitrogens with zero attached hydrogens (tertiary/aromatic N) is 2. The van der Waals surface area contributed by atoms with Crippen LogP contribution in [0.15, 0.2) is 12.1 Å². The van der Waals surface area contributed by atoms with Crippen LogP contribution in [0.1, 0.15) is 49.8 Å². The molecule has 1 aromatic rings. The third-order valence-corrected chi connectivity index (χ3v) is 6.36. The summed E-state index contributed by atoms with van der Waals surface area (Å²) in [7, 11) is 0. The number of piperidine rings is 1. The van der Waals surface area contributed by atoms with Crippen LogP contribution < -0.4 is 0 Å². The summed E-state index contributed by atoms with van der Waals surface area (Å²) in [6.45, 7) is 8.14. The number of benzene rings is 1. The zero-order chi connectivity index (χ0) is 19.0. The fraction of sp³-hybridized carbons (Fsp3) is 0.682. The van der Waals surface area contributed by atoms with Gasteiger partial charge in [0.2, 0.25) is 5.91 Å². The monoisotopic (exact) mass is 372 g/mol. The van der Waals surface area contributed by atoms with Gasteiger partial charge in [-0.05, 0) is 76.2 Å². The van der Waals surface area contributed by atoms with Crippen molar-refractivity contribution >= 4 is 5.91 Å². The first-order valence-corrected chi connectivity index (χ1v) is 10.5. The maximum atomic E-state index is 12.9. The molecule has 2 fully saturated rings. The summed E-state index contributed by atoms with van der Waals surface area (Å²) in [6, 6.07) is 4.17. The van der Waals surface area contributed by atoms with Crippen molar-refractivity contribution in [2.24, 2.45) is 5.92 Å². The van der Waals surface area contributed by atoms with Crippen LogP contribution >= 0.6 is 0 Å². The molecule has 3 aliphatic rings. The first-order chi connectivity index (χ1) is 13.0. The van der Waals surface area contributed by atoms with Gasteiger partial charge in [0.25, 0.3) is 0 Å². The Bertz CT molecular complexity index is 687. The van der Waals surface area contributed by atoms with Crippen LogP contribution in [-0.4, -0.2) is 59.2 Å². The number of rotatable bonds is 3. The Morgan fingerprint density at radius 2 is 1.74 bits per heavy atom. The Labute approximate surface area is 162 Å². The summed E-state index contributed by atoms with van der Waals surface area (Å²) in [5, 5.41) is 10.4. The summed E-state index contributed by atoms with van der Waals surface area (Å²) in [6.07, 6.45) is 5.49. The van der Waals surface area contributed by atoms with Crippen LogP contribution in [0.4, 0.5) is 0 Å². The van der Waals surface area contributed by atoms with Gasteiger partial charge in [0.1, 0.15) is 5.75 Å². The number of morpholine rings is 1. The van der Waals surface area contributed by atoms with Gasteiger partial charge in [-0.3, -0.25) is 9.69 Å². The first kappa shape index (κ1) is 18.8. The lowest BCUT2D eigenvalue weighted by atomic mass is 9.94. The molecule has 2 aliphatic heterocycles. The lowest BCUT2D eigenvalue weighted by molar-refractivity contribution is -0.148. The third-order valence-electron chi connectivity index (χ3n) is 6.36. The Morgan fingerprint density at radius 1 is 1.11 bits per heavy atom. The number of hydrogen-bond donors (Lipinski definition) is 1. The Hall–Kier alpha value is -1.59. The molecule has 0 bridgehead atoms. The molecular weight excluding hydrogens is 340 g/mol. The maximum Gasteiger partial charge on any atom is 0.225 e. The lowest BCUT2D eigenvalue weighted by Crippen LogP contribution is -2.51. The fourth-order valence-electron chi connectivity index (χ4n) is 4.98. The molecule has 2 atom stereocenters. The Morgan fingerprint density at radius 3 is 2.41 bits per heavy atom. The van der Waals surface area contributed by atoms with Crippen molar-refractivity contribution in [1.29, 1.82) is 0 Å². The van der Waals surface area contributed by atoms with E-state index in [9.17, 15) is 9.90 Å². The van der Waals surface area contributed by atoms with E-state index in [0.29, 0.717) is 24.7 Å². The van der Waals surface area contributed by atoms with Crippen molar-refractivity contribution in [1.82, 2.24) is 9.80 Å². The molecule has 1 N–H and O–H groups in total. The highest BCUT2D eigenvalue weighted by Crippen LogP contribution is 2.31. The molecule has 4 rings (SSSR count). The summed E-state index contributed by atoms with van der Waals surface area (Å²) in [5.41, 5.74) is 3.76. The standard InChI is InChI=1S/C22H32N2O3/c1-15-12-24(13-16(2)27-15)22(26)17-6-8-23(9-7-17)14-20-10-18-4-3-5-19(18)11-21(20)25/h10-11,15-17,25H,3-9,12-14H2,1-2H3. The molecule has 0 aromatic heterocycles. The van der Waals surface area contributed by atoms with Crippen molar-refractivity contribution < 1.29 is 14.6 Å². The summed E-state index contributed by atoms with van der Waals surface area (Å²) >= 11 is 0. The van der Waals surface area contributed by atoms with E-state index in [-0.39, 0.29) is 18.1 Å². The number of amides is 1. The van der Waals surface area contributed by atoms with Gasteiger partial charge in [0.05, 0.1) is 12.2 Å². The van der Waals surface area contributed by atoms with Gasteiger partial charge in [0, 0.05) is 31.1 Å². The topological polar surface area (TPSA) is 53.0 Å². The fourth-order valence-corrected chi connectivity index (χ4v) is 4.98. The second-order valence-electron chi connectivity index (χ2n) is 8.65. The number of aromatic hydroxyl groups is 1. The quantitative estimate of drug-likeness (QED) is 0.886. The number of carbonyl (C=O) groups excluding carboxylic acids is 1. The van der Waals surface area contributed by atoms with Gasteiger partial charge in [-0.1, -0.05) is 6.07 Å². The zero-order valence-electron chi connectivity index (χ0n) is 16.6. The maximum absolute atomic E-state index is 12.9. The van der Waals surface area contributed by atoms with E-state index >= 15 is 0 Å². The van der Waals surface area contributed by atoms with Gasteiger partial charge < -0.3 is 14.7 Å². The van der Waals surface area contributed by atoms with E-state index in [4.69, 9.17) is 4.74 Å². The minimum Gasteiger partial charge on any atom is -0.508 e. The SMILES string of the molecule is CC1CN(C(=O)C2CCN(Cc3cc4c(cc3O)CCC4)CC2)CC(C)O1. The van der Waals surface area contributed by atoms with Gasteiger partial charge in [-0.25, -0.2) is 0 Å². The molecule has 0 radical (unpaired) electrons. The average Bonchev–Trinajstić information content (AvgIpc) is 3.08. The normalized spacial score (nSPS) is 27.0. The highest BCUT2D eigenvalue weighted by molar-refractivity contribution is 5.79. The molecule has 0 saturated carbocycles. The van der Waals surface area contributed by atoms with E-state index in [1.165, 1.54) is 17.5 Å². The number of phenolic OH excluding ortho intramolecular Hbond substituents is 1. The molecular formula is C22H32N2O3. The van der Waals surface area contributed by atoms with Crippen molar-refractivity contribution in [3.8, 4) is 5.75 Å². The lowest BCUT2D eigenvalue weighted by Gasteiger charge is -2.39. The van der Waals surface area contributed by atoms with Crippen LogP contribution in [0.5, 0.6) is 5.75 Å². The highest BCUT2D eigenvalue weighted by atomic mass is 16.5. The molecule has 5 heteroatoms. The number of ether oxygens (including phenoxy) is 1. The van der Waals surface area contributed by atoms with Crippen molar-refractivity contribution in [3.63, 3.8) is 0 Å². The molecule has 1 aliphatic carbocycles. The number of fused-ring (bicyclic) bond motifs is 1. The second-order valence-corrected chi connectivity index (χ2v) is 8.65. The molecule has 5 nitrogen and oxygen atoms in total. The van der Waals surface area contributed by atoms with E-state index in [0.717, 1.165) is 50.9 Å². The predicted octanol–water partition coefficient (Wildman–Crippen LogP) is 2.73. The van der Waals surface area contributed by atoms with E-state index in [1.54, 1.807) is 0 Å². The average molecular weight is 373 g/mol. The molecule has 27 heavy (non-hydrogen) atoms. The van der Waals surface area contributed by atoms with Crippen LogP contribution in [-0.2, 0) is 28.9 Å². The molecule has 1 amide bonds. The molecule has 2 saturated heterocycles. The number of hydrogen-bond acceptors (Lipinski definition) is 4.